The number of hydrogen-bond acceptors (Lipinski definition) is 3. The molecule has 1 saturated carbocycles. The number of ether oxygens (including phenoxy) is 2. The maximum atomic E-state index is 6.08. The number of nitrogens with one attached hydrogen (secondary N) is 1. The van der Waals surface area contributed by atoms with Crippen LogP contribution in [0.4, 0.5) is 0 Å². The largest absolute Gasteiger partial charge is 0.382 e. The highest BCUT2D eigenvalue weighted by Gasteiger charge is 2.35. The summed E-state index contributed by atoms with van der Waals surface area (Å²) >= 11 is 0. The molecule has 0 aromatic carbocycles. The van der Waals surface area contributed by atoms with Crippen LogP contribution in [0.15, 0.2) is 0 Å². The van der Waals surface area contributed by atoms with Gasteiger partial charge in [0.25, 0.3) is 0 Å². The van der Waals surface area contributed by atoms with Gasteiger partial charge in [-0.05, 0) is 38.6 Å². The van der Waals surface area contributed by atoms with Crippen molar-refractivity contribution in [2.45, 2.75) is 58.3 Å². The highest BCUT2D eigenvalue weighted by atomic mass is 16.5. The van der Waals surface area contributed by atoms with Crippen molar-refractivity contribution in [3.63, 3.8) is 0 Å². The predicted molar refractivity (Wildman–Crippen MR) is 66.7 cm³/mol. The van der Waals surface area contributed by atoms with E-state index in [1.54, 1.807) is 7.11 Å². The summed E-state index contributed by atoms with van der Waals surface area (Å²) in [6, 6.07) is 0.493. The average Bonchev–Trinajstić information content (AvgIpc) is 2.17. The Balaban J connectivity index is 2.51. The molecule has 0 saturated heterocycles. The number of methoxy groups -OCH3 is 1. The fraction of sp³-hybridized carbons (Fsp3) is 1.00. The third-order valence-electron chi connectivity index (χ3n) is 3.51. The lowest BCUT2D eigenvalue weighted by Crippen LogP contribution is -2.47. The first-order valence-electron chi connectivity index (χ1n) is 6.30. The van der Waals surface area contributed by atoms with E-state index >= 15 is 0 Å². The molecule has 3 unspecified atom stereocenters. The van der Waals surface area contributed by atoms with Crippen molar-refractivity contribution in [1.82, 2.24) is 5.32 Å². The second kappa shape index (κ2) is 5.99. The molecule has 0 radical (unpaired) electrons. The van der Waals surface area contributed by atoms with E-state index in [1.165, 1.54) is 12.8 Å². The van der Waals surface area contributed by atoms with E-state index in [0.29, 0.717) is 24.2 Å². The molecule has 0 aromatic rings. The second-order valence-corrected chi connectivity index (χ2v) is 5.74. The lowest BCUT2D eigenvalue weighted by molar-refractivity contribution is -0.0832. The molecule has 0 aliphatic heterocycles. The van der Waals surface area contributed by atoms with E-state index in [1.807, 2.05) is 7.05 Å². The van der Waals surface area contributed by atoms with Crippen LogP contribution in [0.2, 0.25) is 0 Å². The van der Waals surface area contributed by atoms with Gasteiger partial charge in [0.05, 0.1) is 18.8 Å². The Morgan fingerprint density at radius 3 is 2.69 bits per heavy atom. The first kappa shape index (κ1) is 13.9. The Morgan fingerprint density at radius 2 is 2.12 bits per heavy atom. The maximum Gasteiger partial charge on any atom is 0.0784 e. The summed E-state index contributed by atoms with van der Waals surface area (Å²) in [7, 11) is 3.75. The molecule has 16 heavy (non-hydrogen) atoms. The van der Waals surface area contributed by atoms with Crippen molar-refractivity contribution < 1.29 is 9.47 Å². The lowest BCUT2D eigenvalue weighted by atomic mass is 9.74. The molecule has 1 aliphatic rings. The standard InChI is InChI=1S/C13H27NO2/c1-10(9-15-5)16-12-8-13(2,3)7-6-11(12)14-4/h10-12,14H,6-9H2,1-5H3. The first-order chi connectivity index (χ1) is 7.48. The Labute approximate surface area is 99.9 Å². The number of likely N-dealkylation sites (N-methyl/N-ethyl adjacent to an activating group) is 1. The SMILES string of the molecule is CNC1CCC(C)(C)CC1OC(C)COC. The summed E-state index contributed by atoms with van der Waals surface area (Å²) in [4.78, 5) is 0. The predicted octanol–water partition coefficient (Wildman–Crippen LogP) is 2.20. The molecule has 1 N–H and O–H groups in total. The molecule has 96 valence electrons. The Bertz CT molecular complexity index is 206. The number of hydrogen-bond donors (Lipinski definition) is 1. The van der Waals surface area contributed by atoms with Crippen molar-refractivity contribution in [2.75, 3.05) is 20.8 Å². The van der Waals surface area contributed by atoms with Crippen LogP contribution in [-0.4, -0.2) is 39.0 Å². The minimum atomic E-state index is 0.180. The van der Waals surface area contributed by atoms with Gasteiger partial charge in [-0.15, -0.1) is 0 Å². The quantitative estimate of drug-likeness (QED) is 0.784. The fourth-order valence-corrected chi connectivity index (χ4v) is 2.57. The van der Waals surface area contributed by atoms with Crippen LogP contribution in [0.25, 0.3) is 0 Å². The van der Waals surface area contributed by atoms with E-state index in [2.05, 4.69) is 26.1 Å². The molecule has 0 aromatic heterocycles. The van der Waals surface area contributed by atoms with Crippen molar-refractivity contribution in [2.24, 2.45) is 5.41 Å². The molecule has 0 heterocycles. The smallest absolute Gasteiger partial charge is 0.0784 e. The molecule has 0 amide bonds. The molecule has 1 aliphatic carbocycles. The zero-order valence-corrected chi connectivity index (χ0v) is 11.4. The van der Waals surface area contributed by atoms with Gasteiger partial charge in [0.1, 0.15) is 0 Å². The monoisotopic (exact) mass is 229 g/mol. The molecule has 0 spiro atoms. The normalized spacial score (nSPS) is 31.3. The second-order valence-electron chi connectivity index (χ2n) is 5.74. The van der Waals surface area contributed by atoms with E-state index in [9.17, 15) is 0 Å². The van der Waals surface area contributed by atoms with Gasteiger partial charge in [-0.2, -0.15) is 0 Å². The first-order valence-corrected chi connectivity index (χ1v) is 6.30. The minimum absolute atomic E-state index is 0.180. The van der Waals surface area contributed by atoms with Gasteiger partial charge in [-0.1, -0.05) is 13.8 Å². The number of rotatable bonds is 5. The van der Waals surface area contributed by atoms with Crippen LogP contribution < -0.4 is 5.32 Å². The van der Waals surface area contributed by atoms with Gasteiger partial charge < -0.3 is 14.8 Å². The zero-order valence-electron chi connectivity index (χ0n) is 11.4. The fourth-order valence-electron chi connectivity index (χ4n) is 2.57. The summed E-state index contributed by atoms with van der Waals surface area (Å²) in [5.74, 6) is 0. The molecule has 3 heteroatoms. The summed E-state index contributed by atoms with van der Waals surface area (Å²) in [5.41, 5.74) is 0.408. The average molecular weight is 229 g/mol. The molecule has 0 bridgehead atoms. The van der Waals surface area contributed by atoms with E-state index < -0.39 is 0 Å². The van der Waals surface area contributed by atoms with Crippen molar-refractivity contribution in [3.8, 4) is 0 Å². The van der Waals surface area contributed by atoms with Crippen molar-refractivity contribution in [1.29, 1.82) is 0 Å². The molecule has 3 atom stereocenters. The Morgan fingerprint density at radius 1 is 1.44 bits per heavy atom. The van der Waals surface area contributed by atoms with Crippen LogP contribution in [0.5, 0.6) is 0 Å². The Hall–Kier alpha value is -0.120. The molecule has 1 rings (SSSR count). The van der Waals surface area contributed by atoms with Crippen LogP contribution >= 0.6 is 0 Å². The third-order valence-corrected chi connectivity index (χ3v) is 3.51. The van der Waals surface area contributed by atoms with Crippen LogP contribution in [-0.2, 0) is 9.47 Å². The van der Waals surface area contributed by atoms with E-state index in [4.69, 9.17) is 9.47 Å². The topological polar surface area (TPSA) is 30.5 Å². The van der Waals surface area contributed by atoms with Crippen molar-refractivity contribution >= 4 is 0 Å². The van der Waals surface area contributed by atoms with Gasteiger partial charge in [-0.25, -0.2) is 0 Å². The zero-order chi connectivity index (χ0) is 12.2. The maximum absolute atomic E-state index is 6.08. The van der Waals surface area contributed by atoms with Crippen LogP contribution in [0, 0.1) is 5.41 Å². The molecular weight excluding hydrogens is 202 g/mol. The van der Waals surface area contributed by atoms with Gasteiger partial charge in [-0.3, -0.25) is 0 Å². The van der Waals surface area contributed by atoms with Gasteiger partial charge in [0.15, 0.2) is 0 Å². The van der Waals surface area contributed by atoms with Crippen LogP contribution in [0.3, 0.4) is 0 Å². The summed E-state index contributed by atoms with van der Waals surface area (Å²) in [6.45, 7) is 7.41. The summed E-state index contributed by atoms with van der Waals surface area (Å²) in [5, 5.41) is 3.37. The summed E-state index contributed by atoms with van der Waals surface area (Å²) < 4.78 is 11.2. The third kappa shape index (κ3) is 4.04. The highest BCUT2D eigenvalue weighted by molar-refractivity contribution is 4.89. The minimum Gasteiger partial charge on any atom is -0.382 e. The molecular formula is C13H27NO2. The summed E-state index contributed by atoms with van der Waals surface area (Å²) in [6.07, 6.45) is 4.11. The molecule has 3 nitrogen and oxygen atoms in total. The van der Waals surface area contributed by atoms with Crippen molar-refractivity contribution in [3.05, 3.63) is 0 Å². The molecule has 1 fully saturated rings. The van der Waals surface area contributed by atoms with E-state index in [0.717, 1.165) is 6.42 Å². The van der Waals surface area contributed by atoms with Gasteiger partial charge in [0.2, 0.25) is 0 Å². The van der Waals surface area contributed by atoms with Gasteiger partial charge >= 0.3 is 0 Å². The van der Waals surface area contributed by atoms with Crippen LogP contribution in [0.1, 0.15) is 40.0 Å². The lowest BCUT2D eigenvalue weighted by Gasteiger charge is -2.41. The highest BCUT2D eigenvalue weighted by Crippen LogP contribution is 2.36. The van der Waals surface area contributed by atoms with Gasteiger partial charge in [0, 0.05) is 13.2 Å². The Kier molecular flexibility index (Phi) is 5.22. The van der Waals surface area contributed by atoms with E-state index in [-0.39, 0.29) is 6.10 Å².